The summed E-state index contributed by atoms with van der Waals surface area (Å²) in [6.07, 6.45) is 0. The molecule has 11 aromatic rings. The van der Waals surface area contributed by atoms with E-state index < -0.39 is 0 Å². The molecule has 11 rings (SSSR count). The lowest BCUT2D eigenvalue weighted by atomic mass is 9.82. The van der Waals surface area contributed by atoms with Gasteiger partial charge in [-0.05, 0) is 87.7 Å². The van der Waals surface area contributed by atoms with E-state index in [4.69, 9.17) is 4.42 Å². The molecule has 0 saturated carbocycles. The van der Waals surface area contributed by atoms with Gasteiger partial charge in [0.2, 0.25) is 0 Å². The highest BCUT2D eigenvalue weighted by atomic mass is 16.3. The zero-order valence-electron chi connectivity index (χ0n) is 27.7. The fourth-order valence-electron chi connectivity index (χ4n) is 8.69. The number of rotatable bonds is 3. The van der Waals surface area contributed by atoms with Crippen LogP contribution in [0.4, 0.5) is 0 Å². The molecule has 236 valence electrons. The number of hydrogen-bond acceptors (Lipinski definition) is 1. The van der Waals surface area contributed by atoms with E-state index in [2.05, 4.69) is 176 Å². The van der Waals surface area contributed by atoms with Gasteiger partial charge in [-0.1, -0.05) is 176 Å². The van der Waals surface area contributed by atoms with Crippen molar-refractivity contribution in [2.24, 2.45) is 0 Å². The maximum Gasteiger partial charge on any atom is 0.143 e. The molecular formula is C50H30O. The second-order valence-electron chi connectivity index (χ2n) is 13.5. The number of furan rings is 1. The van der Waals surface area contributed by atoms with Crippen LogP contribution in [-0.2, 0) is 0 Å². The van der Waals surface area contributed by atoms with E-state index in [1.807, 2.05) is 6.07 Å². The summed E-state index contributed by atoms with van der Waals surface area (Å²) in [4.78, 5) is 0. The highest BCUT2D eigenvalue weighted by Crippen LogP contribution is 2.48. The molecule has 0 atom stereocenters. The van der Waals surface area contributed by atoms with Crippen LogP contribution < -0.4 is 0 Å². The summed E-state index contributed by atoms with van der Waals surface area (Å²) < 4.78 is 6.53. The Balaban J connectivity index is 1.23. The first-order chi connectivity index (χ1) is 25.3. The van der Waals surface area contributed by atoms with Crippen LogP contribution in [0.2, 0.25) is 0 Å². The van der Waals surface area contributed by atoms with Gasteiger partial charge in [-0.2, -0.15) is 0 Å². The third-order valence-corrected chi connectivity index (χ3v) is 10.9. The van der Waals surface area contributed by atoms with Crippen molar-refractivity contribution in [1.82, 2.24) is 0 Å². The Labute approximate surface area is 294 Å². The zero-order chi connectivity index (χ0) is 33.5. The normalized spacial score (nSPS) is 11.9. The molecule has 0 bridgehead atoms. The second kappa shape index (κ2) is 10.9. The van der Waals surface area contributed by atoms with Crippen LogP contribution >= 0.6 is 0 Å². The summed E-state index contributed by atoms with van der Waals surface area (Å²) in [5.41, 5.74) is 9.17. The predicted molar refractivity (Wildman–Crippen MR) is 218 cm³/mol. The van der Waals surface area contributed by atoms with E-state index in [9.17, 15) is 0 Å². The van der Waals surface area contributed by atoms with Crippen molar-refractivity contribution in [3.63, 3.8) is 0 Å². The molecule has 1 nitrogen and oxygen atoms in total. The zero-order valence-corrected chi connectivity index (χ0v) is 27.7. The lowest BCUT2D eigenvalue weighted by Gasteiger charge is -2.21. The Hall–Kier alpha value is -6.70. The molecule has 0 aliphatic rings. The van der Waals surface area contributed by atoms with Gasteiger partial charge in [-0.25, -0.2) is 0 Å². The van der Waals surface area contributed by atoms with Crippen LogP contribution in [0.25, 0.3) is 109 Å². The monoisotopic (exact) mass is 646 g/mol. The van der Waals surface area contributed by atoms with E-state index in [-0.39, 0.29) is 0 Å². The van der Waals surface area contributed by atoms with Crippen molar-refractivity contribution in [1.29, 1.82) is 0 Å². The van der Waals surface area contributed by atoms with Crippen molar-refractivity contribution in [3.8, 4) is 33.4 Å². The first-order valence-electron chi connectivity index (χ1n) is 17.6. The van der Waals surface area contributed by atoms with Gasteiger partial charge >= 0.3 is 0 Å². The summed E-state index contributed by atoms with van der Waals surface area (Å²) in [6.45, 7) is 0. The molecule has 0 aliphatic heterocycles. The van der Waals surface area contributed by atoms with Crippen LogP contribution in [0.3, 0.4) is 0 Å². The third-order valence-electron chi connectivity index (χ3n) is 10.9. The molecular weight excluding hydrogens is 617 g/mol. The molecule has 51 heavy (non-hydrogen) atoms. The van der Waals surface area contributed by atoms with E-state index in [1.54, 1.807) is 0 Å². The highest BCUT2D eigenvalue weighted by molar-refractivity contribution is 6.27. The molecule has 0 fully saturated rings. The Morgan fingerprint density at radius 3 is 1.45 bits per heavy atom. The molecule has 0 amide bonds. The van der Waals surface area contributed by atoms with Crippen LogP contribution in [0.1, 0.15) is 0 Å². The average molecular weight is 647 g/mol. The Morgan fingerprint density at radius 2 is 0.725 bits per heavy atom. The first kappa shape index (κ1) is 28.2. The van der Waals surface area contributed by atoms with Gasteiger partial charge in [-0.15, -0.1) is 0 Å². The lowest BCUT2D eigenvalue weighted by Crippen LogP contribution is -1.93. The summed E-state index contributed by atoms with van der Waals surface area (Å²) in [6, 6.07) is 66.3. The molecule has 0 unspecified atom stereocenters. The van der Waals surface area contributed by atoms with E-state index in [0.29, 0.717) is 0 Å². The fourth-order valence-corrected chi connectivity index (χ4v) is 8.69. The summed E-state index contributed by atoms with van der Waals surface area (Å²) in [5, 5.41) is 14.8. The standard InChI is InChI=1S/C50H30O/c1-2-15-33-31(13-1)27-28-32-14-11-25-45(47(32)33)49-40-21-7-5-19-38(40)48(39-20-6-8-22-41(39)49)42-30-29-36(34-16-3-4-17-35(34)42)43-23-12-24-44-37-18-9-10-26-46(37)51-50(43)44/h1-30H. The molecule has 0 N–H and O–H groups in total. The largest absolute Gasteiger partial charge is 0.455 e. The van der Waals surface area contributed by atoms with Crippen LogP contribution in [0.15, 0.2) is 186 Å². The van der Waals surface area contributed by atoms with E-state index in [0.717, 1.165) is 27.5 Å². The topological polar surface area (TPSA) is 13.1 Å². The number of fused-ring (bicyclic) bond motifs is 9. The Morgan fingerprint density at radius 1 is 0.255 bits per heavy atom. The summed E-state index contributed by atoms with van der Waals surface area (Å²) in [5.74, 6) is 0. The van der Waals surface area contributed by atoms with Crippen molar-refractivity contribution < 1.29 is 4.42 Å². The summed E-state index contributed by atoms with van der Waals surface area (Å²) >= 11 is 0. The number of hydrogen-bond donors (Lipinski definition) is 0. The number of benzene rings is 10. The maximum atomic E-state index is 6.53. The van der Waals surface area contributed by atoms with Gasteiger partial charge in [0, 0.05) is 16.3 Å². The highest BCUT2D eigenvalue weighted by Gasteiger charge is 2.21. The molecule has 1 heteroatoms. The third kappa shape index (κ3) is 4.09. The maximum absolute atomic E-state index is 6.53. The van der Waals surface area contributed by atoms with Crippen molar-refractivity contribution >= 4 is 75.8 Å². The fraction of sp³-hybridized carbons (Fsp3) is 0. The van der Waals surface area contributed by atoms with Crippen molar-refractivity contribution in [2.45, 2.75) is 0 Å². The molecule has 1 heterocycles. The minimum Gasteiger partial charge on any atom is -0.455 e. The Bertz CT molecular complexity index is 3140. The Kier molecular flexibility index (Phi) is 6.02. The van der Waals surface area contributed by atoms with Crippen LogP contribution in [0.5, 0.6) is 0 Å². The molecule has 0 saturated heterocycles. The van der Waals surface area contributed by atoms with E-state index >= 15 is 0 Å². The minimum atomic E-state index is 0.915. The molecule has 10 aromatic carbocycles. The number of para-hydroxylation sites is 2. The first-order valence-corrected chi connectivity index (χ1v) is 17.6. The van der Waals surface area contributed by atoms with Gasteiger partial charge in [-0.3, -0.25) is 0 Å². The summed E-state index contributed by atoms with van der Waals surface area (Å²) in [7, 11) is 0. The minimum absolute atomic E-state index is 0.915. The van der Waals surface area contributed by atoms with Crippen molar-refractivity contribution in [3.05, 3.63) is 182 Å². The van der Waals surface area contributed by atoms with Gasteiger partial charge in [0.25, 0.3) is 0 Å². The van der Waals surface area contributed by atoms with E-state index in [1.165, 1.54) is 81.7 Å². The van der Waals surface area contributed by atoms with Gasteiger partial charge in [0.15, 0.2) is 0 Å². The van der Waals surface area contributed by atoms with Gasteiger partial charge < -0.3 is 4.42 Å². The van der Waals surface area contributed by atoms with Gasteiger partial charge in [0.1, 0.15) is 11.2 Å². The van der Waals surface area contributed by atoms with Gasteiger partial charge in [0.05, 0.1) is 0 Å². The SMILES string of the molecule is c1ccc2c(c1)ccc1cccc(-c3c4ccccc4c(-c4ccc(-c5cccc6c5oc5ccccc56)c5ccccc45)c4ccccc34)c12. The average Bonchev–Trinajstić information content (AvgIpc) is 3.59. The quantitative estimate of drug-likeness (QED) is 0.138. The van der Waals surface area contributed by atoms with Crippen molar-refractivity contribution in [2.75, 3.05) is 0 Å². The molecule has 0 aliphatic carbocycles. The van der Waals surface area contributed by atoms with Crippen LogP contribution in [0, 0.1) is 0 Å². The second-order valence-corrected chi connectivity index (χ2v) is 13.5. The molecule has 1 aromatic heterocycles. The smallest absolute Gasteiger partial charge is 0.143 e. The lowest BCUT2D eigenvalue weighted by molar-refractivity contribution is 0.670. The predicted octanol–water partition coefficient (Wildman–Crippen LogP) is 14.4. The van der Waals surface area contributed by atoms with Crippen LogP contribution in [-0.4, -0.2) is 0 Å². The molecule has 0 spiro atoms. The molecule has 0 radical (unpaired) electrons.